The summed E-state index contributed by atoms with van der Waals surface area (Å²) in [5.74, 6) is 1.13. The van der Waals surface area contributed by atoms with Crippen LogP contribution >= 0.6 is 0 Å². The molecule has 6 heteroatoms. The van der Waals surface area contributed by atoms with Crippen molar-refractivity contribution in [2.24, 2.45) is 0 Å². The first-order valence-electron chi connectivity index (χ1n) is 9.94. The maximum absolute atomic E-state index is 12.2. The summed E-state index contributed by atoms with van der Waals surface area (Å²) < 4.78 is 21.7. The van der Waals surface area contributed by atoms with Crippen molar-refractivity contribution in [3.8, 4) is 11.5 Å². The standard InChI is InChI=1S/C23H29NO5/c1-17-14-24(15-18(2)29-17)16-19-4-6-20(7-5-19)23(25)28-13-12-27-22-10-8-21(26-3)9-11-22/h4-11,17-18H,12-16H2,1-3H3/t17-,18+. The fourth-order valence-electron chi connectivity index (χ4n) is 3.47. The molecule has 1 saturated heterocycles. The molecule has 0 N–H and O–H groups in total. The molecule has 0 aromatic heterocycles. The Morgan fingerprint density at radius 2 is 1.59 bits per heavy atom. The first kappa shape index (κ1) is 21.1. The molecule has 0 spiro atoms. The quantitative estimate of drug-likeness (QED) is 0.500. The van der Waals surface area contributed by atoms with Gasteiger partial charge in [0.25, 0.3) is 0 Å². The van der Waals surface area contributed by atoms with E-state index in [-0.39, 0.29) is 24.8 Å². The zero-order chi connectivity index (χ0) is 20.6. The predicted octanol–water partition coefficient (Wildman–Crippen LogP) is 3.54. The number of nitrogens with zero attached hydrogens (tertiary/aromatic N) is 1. The Morgan fingerprint density at radius 1 is 0.966 bits per heavy atom. The van der Waals surface area contributed by atoms with Crippen LogP contribution in [0.4, 0.5) is 0 Å². The van der Waals surface area contributed by atoms with Gasteiger partial charge in [-0.1, -0.05) is 12.1 Å². The van der Waals surface area contributed by atoms with Crippen LogP contribution in [-0.2, 0) is 16.0 Å². The van der Waals surface area contributed by atoms with E-state index in [2.05, 4.69) is 18.7 Å². The summed E-state index contributed by atoms with van der Waals surface area (Å²) in [6, 6.07) is 14.9. The molecule has 1 fully saturated rings. The highest BCUT2D eigenvalue weighted by atomic mass is 16.6. The summed E-state index contributed by atoms with van der Waals surface area (Å²) in [4.78, 5) is 14.6. The van der Waals surface area contributed by atoms with Crippen molar-refractivity contribution in [2.45, 2.75) is 32.6 Å². The highest BCUT2D eigenvalue weighted by Gasteiger charge is 2.22. The number of ether oxygens (including phenoxy) is 4. The largest absolute Gasteiger partial charge is 0.497 e. The van der Waals surface area contributed by atoms with E-state index in [4.69, 9.17) is 18.9 Å². The Hall–Kier alpha value is -2.57. The Kier molecular flexibility index (Phi) is 7.49. The van der Waals surface area contributed by atoms with E-state index in [0.717, 1.165) is 25.4 Å². The van der Waals surface area contributed by atoms with E-state index in [1.165, 1.54) is 5.56 Å². The summed E-state index contributed by atoms with van der Waals surface area (Å²) in [5.41, 5.74) is 1.72. The Morgan fingerprint density at radius 3 is 2.21 bits per heavy atom. The highest BCUT2D eigenvalue weighted by Crippen LogP contribution is 2.17. The average molecular weight is 399 g/mol. The van der Waals surface area contributed by atoms with Crippen molar-refractivity contribution >= 4 is 5.97 Å². The van der Waals surface area contributed by atoms with Crippen molar-refractivity contribution in [3.05, 3.63) is 59.7 Å². The second-order valence-electron chi connectivity index (χ2n) is 7.31. The third-order valence-corrected chi connectivity index (χ3v) is 4.74. The molecule has 6 nitrogen and oxygen atoms in total. The van der Waals surface area contributed by atoms with Crippen molar-refractivity contribution in [2.75, 3.05) is 33.4 Å². The van der Waals surface area contributed by atoms with Crippen LogP contribution in [0.2, 0.25) is 0 Å². The molecule has 2 aromatic carbocycles. The molecule has 0 bridgehead atoms. The van der Waals surface area contributed by atoms with Crippen LogP contribution in [0.5, 0.6) is 11.5 Å². The summed E-state index contributed by atoms with van der Waals surface area (Å²) in [5, 5.41) is 0. The number of esters is 1. The summed E-state index contributed by atoms with van der Waals surface area (Å²) in [7, 11) is 1.62. The summed E-state index contributed by atoms with van der Waals surface area (Å²) in [6.45, 7) is 7.37. The minimum atomic E-state index is -0.344. The van der Waals surface area contributed by atoms with Gasteiger partial charge in [-0.2, -0.15) is 0 Å². The fraction of sp³-hybridized carbons (Fsp3) is 0.435. The van der Waals surface area contributed by atoms with Crippen molar-refractivity contribution in [1.29, 1.82) is 0 Å². The molecule has 0 radical (unpaired) electrons. The Bertz CT molecular complexity index is 765. The van der Waals surface area contributed by atoms with Gasteiger partial charge in [-0.3, -0.25) is 4.90 Å². The second kappa shape index (κ2) is 10.3. The minimum absolute atomic E-state index is 0.191. The van der Waals surface area contributed by atoms with Gasteiger partial charge in [-0.05, 0) is 55.8 Å². The molecule has 1 aliphatic heterocycles. The third-order valence-electron chi connectivity index (χ3n) is 4.74. The normalized spacial score (nSPS) is 19.6. The number of rotatable bonds is 8. The number of carbonyl (C=O) groups is 1. The number of morpholine rings is 1. The lowest BCUT2D eigenvalue weighted by atomic mass is 10.1. The minimum Gasteiger partial charge on any atom is -0.497 e. The molecule has 0 saturated carbocycles. The Balaban J connectivity index is 1.41. The molecule has 3 rings (SSSR count). The SMILES string of the molecule is COc1ccc(OCCOC(=O)c2ccc(CN3C[C@@H](C)O[C@@H](C)C3)cc2)cc1. The Labute approximate surface area is 172 Å². The molecule has 29 heavy (non-hydrogen) atoms. The summed E-state index contributed by atoms with van der Waals surface area (Å²) in [6.07, 6.45) is 0.487. The zero-order valence-electron chi connectivity index (χ0n) is 17.3. The van der Waals surface area contributed by atoms with E-state index in [0.29, 0.717) is 17.9 Å². The number of carbonyl (C=O) groups excluding carboxylic acids is 1. The number of benzene rings is 2. The molecule has 2 atom stereocenters. The molecular formula is C23H29NO5. The maximum atomic E-state index is 12.2. The van der Waals surface area contributed by atoms with Gasteiger partial charge in [0, 0.05) is 19.6 Å². The molecule has 2 aromatic rings. The van der Waals surface area contributed by atoms with E-state index in [9.17, 15) is 4.79 Å². The first-order valence-corrected chi connectivity index (χ1v) is 9.94. The molecule has 0 amide bonds. The van der Waals surface area contributed by atoms with E-state index in [1.807, 2.05) is 48.5 Å². The van der Waals surface area contributed by atoms with Gasteiger partial charge in [-0.25, -0.2) is 4.79 Å². The van der Waals surface area contributed by atoms with E-state index < -0.39 is 0 Å². The lowest BCUT2D eigenvalue weighted by Crippen LogP contribution is -2.44. The smallest absolute Gasteiger partial charge is 0.338 e. The number of hydrogen-bond donors (Lipinski definition) is 0. The van der Waals surface area contributed by atoms with Gasteiger partial charge in [0.2, 0.25) is 0 Å². The maximum Gasteiger partial charge on any atom is 0.338 e. The van der Waals surface area contributed by atoms with Crippen LogP contribution in [0.15, 0.2) is 48.5 Å². The number of methoxy groups -OCH3 is 1. The van der Waals surface area contributed by atoms with Crippen LogP contribution in [-0.4, -0.2) is 56.5 Å². The molecule has 1 heterocycles. The van der Waals surface area contributed by atoms with Crippen LogP contribution in [0.25, 0.3) is 0 Å². The van der Waals surface area contributed by atoms with E-state index in [1.54, 1.807) is 7.11 Å². The summed E-state index contributed by atoms with van der Waals surface area (Å²) >= 11 is 0. The predicted molar refractivity (Wildman–Crippen MR) is 110 cm³/mol. The first-order chi connectivity index (χ1) is 14.0. The van der Waals surface area contributed by atoms with Gasteiger partial charge in [-0.15, -0.1) is 0 Å². The molecule has 156 valence electrons. The fourth-order valence-corrected chi connectivity index (χ4v) is 3.47. The van der Waals surface area contributed by atoms with Crippen molar-refractivity contribution < 1.29 is 23.7 Å². The van der Waals surface area contributed by atoms with Gasteiger partial charge in [0.15, 0.2) is 0 Å². The molecule has 0 unspecified atom stereocenters. The molecular weight excluding hydrogens is 370 g/mol. The van der Waals surface area contributed by atoms with Crippen molar-refractivity contribution in [1.82, 2.24) is 4.90 Å². The van der Waals surface area contributed by atoms with Crippen LogP contribution in [0, 0.1) is 0 Å². The number of hydrogen-bond acceptors (Lipinski definition) is 6. The van der Waals surface area contributed by atoms with Crippen molar-refractivity contribution in [3.63, 3.8) is 0 Å². The zero-order valence-corrected chi connectivity index (χ0v) is 17.3. The monoisotopic (exact) mass is 399 g/mol. The van der Waals surface area contributed by atoms with Gasteiger partial charge in [0.05, 0.1) is 24.9 Å². The average Bonchev–Trinajstić information content (AvgIpc) is 2.71. The lowest BCUT2D eigenvalue weighted by molar-refractivity contribution is -0.0704. The van der Waals surface area contributed by atoms with Crippen LogP contribution < -0.4 is 9.47 Å². The lowest BCUT2D eigenvalue weighted by Gasteiger charge is -2.35. The second-order valence-corrected chi connectivity index (χ2v) is 7.31. The van der Waals surface area contributed by atoms with Crippen LogP contribution in [0.1, 0.15) is 29.8 Å². The van der Waals surface area contributed by atoms with Gasteiger partial charge >= 0.3 is 5.97 Å². The topological polar surface area (TPSA) is 57.2 Å². The third kappa shape index (κ3) is 6.48. The van der Waals surface area contributed by atoms with Crippen LogP contribution in [0.3, 0.4) is 0 Å². The van der Waals surface area contributed by atoms with E-state index >= 15 is 0 Å². The highest BCUT2D eigenvalue weighted by molar-refractivity contribution is 5.89. The van der Waals surface area contributed by atoms with Gasteiger partial charge in [0.1, 0.15) is 24.7 Å². The van der Waals surface area contributed by atoms with Gasteiger partial charge < -0.3 is 18.9 Å². The molecule has 0 aliphatic carbocycles. The molecule has 1 aliphatic rings.